The summed E-state index contributed by atoms with van der Waals surface area (Å²) < 4.78 is 2.64. The molecule has 0 aliphatic heterocycles. The normalized spacial score (nSPS) is 10.1. The summed E-state index contributed by atoms with van der Waals surface area (Å²) in [5, 5.41) is 0.606. The van der Waals surface area contributed by atoms with Crippen LogP contribution in [-0.4, -0.2) is 9.66 Å². The summed E-state index contributed by atoms with van der Waals surface area (Å²) in [6, 6.07) is 5.65. The second-order valence-electron chi connectivity index (χ2n) is 2.69. The molecule has 0 radical (unpaired) electrons. The van der Waals surface area contributed by atoms with Gasteiger partial charge < -0.3 is 0 Å². The van der Waals surface area contributed by atoms with Gasteiger partial charge in [0.15, 0.2) is 5.82 Å². The molecule has 72 valence electrons. The highest BCUT2D eigenvalue weighted by Gasteiger charge is 2.01. The molecule has 2 aromatic heterocycles. The number of hydrogen-bond acceptors (Lipinski definition) is 2. The number of hydrogen-bond donors (Lipinski definition) is 1. The fourth-order valence-electron chi connectivity index (χ4n) is 1.03. The molecular weight excluding hydrogens is 265 g/mol. The second-order valence-corrected chi connectivity index (χ2v) is 3.98. The summed E-state index contributed by atoms with van der Waals surface area (Å²) in [4.78, 5) is 4.14. The van der Waals surface area contributed by atoms with E-state index in [2.05, 4.69) is 26.3 Å². The van der Waals surface area contributed by atoms with Gasteiger partial charge in [0.05, 0.1) is 9.50 Å². The molecule has 0 aliphatic carbocycles. The highest BCUT2D eigenvalue weighted by molar-refractivity contribution is 9.10. The van der Waals surface area contributed by atoms with Crippen molar-refractivity contribution in [2.75, 3.05) is 5.43 Å². The highest BCUT2D eigenvalue weighted by atomic mass is 79.9. The van der Waals surface area contributed by atoms with Crippen LogP contribution in [0, 0.1) is 0 Å². The number of pyridine rings is 1. The van der Waals surface area contributed by atoms with Crippen LogP contribution in [0.3, 0.4) is 0 Å². The molecule has 2 aromatic rings. The van der Waals surface area contributed by atoms with E-state index in [0.717, 1.165) is 10.3 Å². The molecule has 1 N–H and O–H groups in total. The average Bonchev–Trinajstić information content (AvgIpc) is 2.62. The van der Waals surface area contributed by atoms with Crippen LogP contribution in [0.5, 0.6) is 0 Å². The molecule has 0 fully saturated rings. The van der Waals surface area contributed by atoms with Crippen molar-refractivity contribution in [3.63, 3.8) is 0 Å². The van der Waals surface area contributed by atoms with E-state index in [1.165, 1.54) is 0 Å². The van der Waals surface area contributed by atoms with Gasteiger partial charge in [-0.15, -0.1) is 0 Å². The van der Waals surface area contributed by atoms with Gasteiger partial charge in [-0.3, -0.25) is 10.1 Å². The Bertz CT molecular complexity index is 428. The number of halogens is 2. The summed E-state index contributed by atoms with van der Waals surface area (Å²) in [7, 11) is 0. The Balaban J connectivity index is 2.25. The van der Waals surface area contributed by atoms with Crippen LogP contribution in [0.15, 0.2) is 41.3 Å². The predicted octanol–water partition coefficient (Wildman–Crippen LogP) is 3.17. The molecule has 0 bridgehead atoms. The van der Waals surface area contributed by atoms with E-state index in [4.69, 9.17) is 11.6 Å². The van der Waals surface area contributed by atoms with Crippen LogP contribution in [0.1, 0.15) is 0 Å². The van der Waals surface area contributed by atoms with Crippen LogP contribution < -0.4 is 5.43 Å². The van der Waals surface area contributed by atoms with E-state index in [-0.39, 0.29) is 0 Å². The Kier molecular flexibility index (Phi) is 2.74. The molecule has 2 heterocycles. The van der Waals surface area contributed by atoms with Crippen molar-refractivity contribution in [2.24, 2.45) is 0 Å². The van der Waals surface area contributed by atoms with Crippen LogP contribution in [0.25, 0.3) is 0 Å². The van der Waals surface area contributed by atoms with Crippen LogP contribution >= 0.6 is 27.5 Å². The minimum absolute atomic E-state index is 0.606. The quantitative estimate of drug-likeness (QED) is 0.910. The van der Waals surface area contributed by atoms with Crippen molar-refractivity contribution in [1.29, 1.82) is 0 Å². The minimum Gasteiger partial charge on any atom is -0.277 e. The summed E-state index contributed by atoms with van der Waals surface area (Å²) in [6.07, 6.45) is 5.38. The SMILES string of the molecule is Clc1cnc(Nn2cccc2)c(Br)c1. The maximum absolute atomic E-state index is 5.77. The van der Waals surface area contributed by atoms with E-state index < -0.39 is 0 Å². The number of nitrogens with zero attached hydrogens (tertiary/aromatic N) is 2. The molecule has 0 atom stereocenters. The van der Waals surface area contributed by atoms with Gasteiger partial charge in [-0.25, -0.2) is 4.98 Å². The third-order valence-electron chi connectivity index (χ3n) is 1.65. The van der Waals surface area contributed by atoms with Crippen molar-refractivity contribution in [1.82, 2.24) is 9.66 Å². The molecule has 0 unspecified atom stereocenters. The summed E-state index contributed by atoms with van der Waals surface area (Å²) >= 11 is 9.14. The smallest absolute Gasteiger partial charge is 0.159 e. The zero-order valence-electron chi connectivity index (χ0n) is 7.11. The maximum atomic E-state index is 5.77. The number of anilines is 1. The van der Waals surface area contributed by atoms with Gasteiger partial charge in [0, 0.05) is 18.6 Å². The van der Waals surface area contributed by atoms with Gasteiger partial charge in [-0.2, -0.15) is 0 Å². The summed E-state index contributed by atoms with van der Waals surface area (Å²) in [5.41, 5.74) is 3.08. The molecular formula is C9H7BrClN3. The lowest BCUT2D eigenvalue weighted by atomic mass is 10.5. The van der Waals surface area contributed by atoms with Gasteiger partial charge in [0.1, 0.15) is 0 Å². The Labute approximate surface area is 94.8 Å². The summed E-state index contributed by atoms with van der Waals surface area (Å²) in [6.45, 7) is 0. The van der Waals surface area contributed by atoms with Crippen molar-refractivity contribution in [2.45, 2.75) is 0 Å². The zero-order valence-corrected chi connectivity index (χ0v) is 9.46. The first-order valence-corrected chi connectivity index (χ1v) is 5.14. The van der Waals surface area contributed by atoms with E-state index in [0.29, 0.717) is 5.02 Å². The third-order valence-corrected chi connectivity index (χ3v) is 2.46. The highest BCUT2D eigenvalue weighted by Crippen LogP contribution is 2.22. The van der Waals surface area contributed by atoms with Gasteiger partial charge >= 0.3 is 0 Å². The fourth-order valence-corrected chi connectivity index (χ4v) is 1.76. The molecule has 5 heteroatoms. The van der Waals surface area contributed by atoms with Crippen LogP contribution in [0.4, 0.5) is 5.82 Å². The largest absolute Gasteiger partial charge is 0.277 e. The topological polar surface area (TPSA) is 29.9 Å². The lowest BCUT2D eigenvalue weighted by Crippen LogP contribution is -2.07. The monoisotopic (exact) mass is 271 g/mol. The molecule has 0 saturated heterocycles. The van der Waals surface area contributed by atoms with E-state index in [1.54, 1.807) is 16.9 Å². The van der Waals surface area contributed by atoms with Gasteiger partial charge in [-0.1, -0.05) is 11.6 Å². The van der Waals surface area contributed by atoms with E-state index in [9.17, 15) is 0 Å². The Morgan fingerprint density at radius 1 is 1.36 bits per heavy atom. The van der Waals surface area contributed by atoms with Crippen molar-refractivity contribution < 1.29 is 0 Å². The number of rotatable bonds is 2. The van der Waals surface area contributed by atoms with E-state index in [1.807, 2.05) is 24.5 Å². The standard InChI is InChI=1S/C9H7BrClN3/c10-8-5-7(11)6-12-9(8)13-14-3-1-2-4-14/h1-6H,(H,12,13). The lowest BCUT2D eigenvalue weighted by Gasteiger charge is -2.07. The zero-order chi connectivity index (χ0) is 9.97. The maximum Gasteiger partial charge on any atom is 0.159 e. The summed E-state index contributed by atoms with van der Waals surface area (Å²) in [5.74, 6) is 0.727. The van der Waals surface area contributed by atoms with Crippen molar-refractivity contribution >= 4 is 33.3 Å². The number of aromatic nitrogens is 2. The first kappa shape index (κ1) is 9.55. The molecule has 0 saturated carbocycles. The van der Waals surface area contributed by atoms with Crippen LogP contribution in [0.2, 0.25) is 5.02 Å². The van der Waals surface area contributed by atoms with Gasteiger partial charge in [-0.05, 0) is 34.1 Å². The predicted molar refractivity (Wildman–Crippen MR) is 60.4 cm³/mol. The molecule has 0 aliphatic rings. The van der Waals surface area contributed by atoms with Crippen LogP contribution in [-0.2, 0) is 0 Å². The molecule has 0 amide bonds. The Morgan fingerprint density at radius 3 is 2.71 bits per heavy atom. The molecule has 3 nitrogen and oxygen atoms in total. The second kappa shape index (κ2) is 4.02. The molecule has 0 aromatic carbocycles. The Hall–Kier alpha value is -1.000. The first-order chi connectivity index (χ1) is 6.75. The van der Waals surface area contributed by atoms with E-state index >= 15 is 0 Å². The Morgan fingerprint density at radius 2 is 2.07 bits per heavy atom. The lowest BCUT2D eigenvalue weighted by molar-refractivity contribution is 0.950. The molecule has 2 rings (SSSR count). The first-order valence-electron chi connectivity index (χ1n) is 3.97. The fraction of sp³-hybridized carbons (Fsp3) is 0. The molecule has 0 spiro atoms. The third kappa shape index (κ3) is 2.08. The van der Waals surface area contributed by atoms with Gasteiger partial charge in [0.2, 0.25) is 0 Å². The van der Waals surface area contributed by atoms with Crippen molar-refractivity contribution in [3.8, 4) is 0 Å². The number of nitrogens with one attached hydrogen (secondary N) is 1. The van der Waals surface area contributed by atoms with Gasteiger partial charge in [0.25, 0.3) is 0 Å². The average molecular weight is 273 g/mol. The molecule has 14 heavy (non-hydrogen) atoms. The minimum atomic E-state index is 0.606. The van der Waals surface area contributed by atoms with Crippen molar-refractivity contribution in [3.05, 3.63) is 46.3 Å².